The predicted octanol–water partition coefficient (Wildman–Crippen LogP) is 4.45. The van der Waals surface area contributed by atoms with E-state index in [0.29, 0.717) is 35.8 Å². The van der Waals surface area contributed by atoms with Gasteiger partial charge in [0.15, 0.2) is 0 Å². The van der Waals surface area contributed by atoms with Crippen molar-refractivity contribution in [1.29, 1.82) is 0 Å². The number of fused-ring (bicyclic) bond motifs is 1. The van der Waals surface area contributed by atoms with Gasteiger partial charge < -0.3 is 15.4 Å². The van der Waals surface area contributed by atoms with Crippen LogP contribution < -0.4 is 5.73 Å². The SMILES string of the molecule is CCCOC(=O)N1CCN(C(=O)c2ccc3c(Cl)c(C)c(-c4ccccc4)nc3c2)C[C@H]1N. The molecule has 0 radical (unpaired) electrons. The summed E-state index contributed by atoms with van der Waals surface area (Å²) in [5, 5.41) is 1.42. The fraction of sp³-hybridized carbons (Fsp3) is 0.320. The Kier molecular flexibility index (Phi) is 6.81. The molecule has 1 aliphatic heterocycles. The van der Waals surface area contributed by atoms with Gasteiger partial charge in [-0.05, 0) is 31.0 Å². The van der Waals surface area contributed by atoms with Crippen LogP contribution in [0.3, 0.4) is 0 Å². The minimum absolute atomic E-state index is 0.159. The molecule has 1 fully saturated rings. The number of aromatic nitrogens is 1. The van der Waals surface area contributed by atoms with Crippen molar-refractivity contribution in [3.63, 3.8) is 0 Å². The van der Waals surface area contributed by atoms with Crippen molar-refractivity contribution in [1.82, 2.24) is 14.8 Å². The number of rotatable bonds is 4. The summed E-state index contributed by atoms with van der Waals surface area (Å²) >= 11 is 6.66. The number of nitrogens with two attached hydrogens (primary N) is 1. The first kappa shape index (κ1) is 23.0. The van der Waals surface area contributed by atoms with Crippen molar-refractivity contribution in [2.45, 2.75) is 26.4 Å². The van der Waals surface area contributed by atoms with E-state index < -0.39 is 12.3 Å². The van der Waals surface area contributed by atoms with Crippen LogP contribution >= 0.6 is 11.6 Å². The van der Waals surface area contributed by atoms with E-state index in [0.717, 1.165) is 28.6 Å². The molecule has 4 rings (SSSR count). The molecule has 2 aromatic carbocycles. The molecule has 2 amide bonds. The standard InChI is InChI=1S/C25H27ClN4O3/c1-3-13-33-25(32)30-12-11-29(15-21(30)27)24(31)18-9-10-19-20(14-18)28-23(16(2)22(19)26)17-7-5-4-6-8-17/h4-10,14,21H,3,11-13,15,27H2,1-2H3/t21-/m0/s1. The molecule has 33 heavy (non-hydrogen) atoms. The average molecular weight is 467 g/mol. The van der Waals surface area contributed by atoms with E-state index in [-0.39, 0.29) is 12.5 Å². The number of carbonyl (C=O) groups is 2. The van der Waals surface area contributed by atoms with Gasteiger partial charge in [-0.2, -0.15) is 0 Å². The maximum Gasteiger partial charge on any atom is 0.411 e. The molecule has 172 valence electrons. The Balaban J connectivity index is 1.58. The van der Waals surface area contributed by atoms with Gasteiger partial charge in [0.25, 0.3) is 5.91 Å². The molecule has 2 N–H and O–H groups in total. The molecule has 0 spiro atoms. The lowest BCUT2D eigenvalue weighted by atomic mass is 10.0. The second-order valence-electron chi connectivity index (χ2n) is 8.12. The fourth-order valence-corrected chi connectivity index (χ4v) is 4.26. The van der Waals surface area contributed by atoms with Crippen molar-refractivity contribution >= 4 is 34.5 Å². The molecule has 0 bridgehead atoms. The Hall–Kier alpha value is -3.16. The fourth-order valence-electron chi connectivity index (χ4n) is 4.01. The maximum absolute atomic E-state index is 13.2. The summed E-state index contributed by atoms with van der Waals surface area (Å²) < 4.78 is 5.18. The van der Waals surface area contributed by atoms with Crippen LogP contribution in [-0.4, -0.2) is 59.2 Å². The van der Waals surface area contributed by atoms with E-state index >= 15 is 0 Å². The number of ether oxygens (including phenoxy) is 1. The Morgan fingerprint density at radius 1 is 1.18 bits per heavy atom. The molecular formula is C25H27ClN4O3. The highest BCUT2D eigenvalue weighted by Crippen LogP contribution is 2.33. The molecule has 7 nitrogen and oxygen atoms in total. The third-order valence-corrected chi connectivity index (χ3v) is 6.30. The summed E-state index contributed by atoms with van der Waals surface area (Å²) in [5.41, 5.74) is 9.98. The van der Waals surface area contributed by atoms with Crippen molar-refractivity contribution in [2.75, 3.05) is 26.2 Å². The molecule has 1 saturated heterocycles. The largest absolute Gasteiger partial charge is 0.449 e. The van der Waals surface area contributed by atoms with E-state index in [1.807, 2.05) is 50.2 Å². The van der Waals surface area contributed by atoms with Crippen LogP contribution in [0.5, 0.6) is 0 Å². The smallest absolute Gasteiger partial charge is 0.411 e. The summed E-state index contributed by atoms with van der Waals surface area (Å²) in [6, 6.07) is 15.2. The van der Waals surface area contributed by atoms with Gasteiger partial charge in [-0.15, -0.1) is 0 Å². The third kappa shape index (κ3) is 4.65. The summed E-state index contributed by atoms with van der Waals surface area (Å²) in [5.74, 6) is -0.159. The Morgan fingerprint density at radius 3 is 2.64 bits per heavy atom. The summed E-state index contributed by atoms with van der Waals surface area (Å²) in [6.45, 7) is 5.16. The predicted molar refractivity (Wildman–Crippen MR) is 129 cm³/mol. The van der Waals surface area contributed by atoms with Gasteiger partial charge in [0.1, 0.15) is 6.17 Å². The van der Waals surface area contributed by atoms with Gasteiger partial charge in [-0.1, -0.05) is 54.9 Å². The zero-order valence-corrected chi connectivity index (χ0v) is 19.5. The van der Waals surface area contributed by atoms with Gasteiger partial charge in [0.05, 0.1) is 29.4 Å². The summed E-state index contributed by atoms with van der Waals surface area (Å²) in [6.07, 6.45) is -0.317. The first-order valence-electron chi connectivity index (χ1n) is 11.0. The number of pyridine rings is 1. The minimum Gasteiger partial charge on any atom is -0.449 e. The molecule has 1 atom stereocenters. The highest BCUT2D eigenvalue weighted by Gasteiger charge is 2.31. The minimum atomic E-state index is -0.618. The molecule has 1 aliphatic rings. The number of piperazine rings is 1. The number of hydrogen-bond donors (Lipinski definition) is 1. The topological polar surface area (TPSA) is 88.8 Å². The monoisotopic (exact) mass is 466 g/mol. The number of hydrogen-bond acceptors (Lipinski definition) is 5. The maximum atomic E-state index is 13.2. The van der Waals surface area contributed by atoms with Crippen LogP contribution in [-0.2, 0) is 4.74 Å². The normalized spacial score (nSPS) is 16.2. The summed E-state index contributed by atoms with van der Waals surface area (Å²) in [4.78, 5) is 33.3. The number of amides is 2. The molecule has 8 heteroatoms. The first-order valence-corrected chi connectivity index (χ1v) is 11.4. The second kappa shape index (κ2) is 9.77. The molecule has 0 aliphatic carbocycles. The first-order chi connectivity index (χ1) is 15.9. The lowest BCUT2D eigenvalue weighted by Crippen LogP contribution is -2.60. The van der Waals surface area contributed by atoms with Gasteiger partial charge in [0, 0.05) is 29.6 Å². The Bertz CT molecular complexity index is 1190. The Morgan fingerprint density at radius 2 is 1.94 bits per heavy atom. The van der Waals surface area contributed by atoms with Crippen LogP contribution in [0.25, 0.3) is 22.2 Å². The highest BCUT2D eigenvalue weighted by atomic mass is 35.5. The zero-order valence-electron chi connectivity index (χ0n) is 18.8. The van der Waals surface area contributed by atoms with E-state index in [4.69, 9.17) is 27.1 Å². The van der Waals surface area contributed by atoms with Gasteiger partial charge >= 0.3 is 6.09 Å². The van der Waals surface area contributed by atoms with E-state index in [9.17, 15) is 9.59 Å². The van der Waals surface area contributed by atoms with Crippen LogP contribution in [0.2, 0.25) is 5.02 Å². The highest BCUT2D eigenvalue weighted by molar-refractivity contribution is 6.36. The second-order valence-corrected chi connectivity index (χ2v) is 8.50. The molecule has 3 aromatic rings. The van der Waals surface area contributed by atoms with Crippen LogP contribution in [0.1, 0.15) is 29.3 Å². The van der Waals surface area contributed by atoms with Crippen LogP contribution in [0.15, 0.2) is 48.5 Å². The number of halogens is 1. The lowest BCUT2D eigenvalue weighted by molar-refractivity contribution is 0.0390. The number of carbonyl (C=O) groups excluding carboxylic acids is 2. The van der Waals surface area contributed by atoms with Crippen molar-refractivity contribution in [3.8, 4) is 11.3 Å². The van der Waals surface area contributed by atoms with Crippen molar-refractivity contribution < 1.29 is 14.3 Å². The van der Waals surface area contributed by atoms with Crippen LogP contribution in [0, 0.1) is 6.92 Å². The van der Waals surface area contributed by atoms with E-state index in [1.54, 1.807) is 17.0 Å². The molecular weight excluding hydrogens is 440 g/mol. The molecule has 0 saturated carbocycles. The lowest BCUT2D eigenvalue weighted by Gasteiger charge is -2.38. The molecule has 0 unspecified atom stereocenters. The number of benzene rings is 2. The summed E-state index contributed by atoms with van der Waals surface area (Å²) in [7, 11) is 0. The quantitative estimate of drug-likeness (QED) is 0.613. The Labute approximate surface area is 198 Å². The van der Waals surface area contributed by atoms with Gasteiger partial charge in [-0.25, -0.2) is 9.78 Å². The van der Waals surface area contributed by atoms with Crippen molar-refractivity contribution in [3.05, 3.63) is 64.7 Å². The van der Waals surface area contributed by atoms with E-state index in [1.165, 1.54) is 4.90 Å². The molecule has 1 aromatic heterocycles. The average Bonchev–Trinajstić information content (AvgIpc) is 2.84. The van der Waals surface area contributed by atoms with Gasteiger partial charge in [-0.3, -0.25) is 9.69 Å². The van der Waals surface area contributed by atoms with Crippen molar-refractivity contribution in [2.24, 2.45) is 5.73 Å². The number of nitrogens with zero attached hydrogens (tertiary/aromatic N) is 3. The molecule has 2 heterocycles. The van der Waals surface area contributed by atoms with E-state index in [2.05, 4.69) is 0 Å². The zero-order chi connectivity index (χ0) is 23.5. The van der Waals surface area contributed by atoms with Crippen LogP contribution in [0.4, 0.5) is 4.79 Å². The van der Waals surface area contributed by atoms with Gasteiger partial charge in [0.2, 0.25) is 0 Å². The third-order valence-electron chi connectivity index (χ3n) is 5.82.